The van der Waals surface area contributed by atoms with E-state index in [1.807, 2.05) is 23.6 Å². The van der Waals surface area contributed by atoms with Crippen LogP contribution in [0.3, 0.4) is 0 Å². The number of benzene rings is 1. The highest BCUT2D eigenvalue weighted by atomic mass is 32.2. The van der Waals surface area contributed by atoms with Gasteiger partial charge in [0.15, 0.2) is 0 Å². The molecule has 2 aromatic rings. The van der Waals surface area contributed by atoms with E-state index < -0.39 is 10.0 Å². The zero-order chi connectivity index (χ0) is 15.5. The fourth-order valence-corrected chi connectivity index (χ4v) is 4.07. The van der Waals surface area contributed by atoms with E-state index in [9.17, 15) is 8.42 Å². The van der Waals surface area contributed by atoms with Gasteiger partial charge in [-0.3, -0.25) is 0 Å². The number of thiophene rings is 1. The van der Waals surface area contributed by atoms with Gasteiger partial charge in [-0.25, -0.2) is 12.7 Å². The Morgan fingerprint density at radius 3 is 2.71 bits per heavy atom. The highest BCUT2D eigenvalue weighted by Crippen LogP contribution is 2.21. The third-order valence-corrected chi connectivity index (χ3v) is 6.19. The fourth-order valence-electron chi connectivity index (χ4n) is 1.96. The summed E-state index contributed by atoms with van der Waals surface area (Å²) in [6, 6.07) is 10.7. The largest absolute Gasteiger partial charge is 0.243 e. The minimum atomic E-state index is -3.57. The summed E-state index contributed by atoms with van der Waals surface area (Å²) in [6.45, 7) is 2.15. The van der Waals surface area contributed by atoms with Gasteiger partial charge in [-0.2, -0.15) is 5.26 Å². The van der Waals surface area contributed by atoms with Crippen molar-refractivity contribution in [3.63, 3.8) is 0 Å². The van der Waals surface area contributed by atoms with Crippen LogP contribution in [0.15, 0.2) is 40.6 Å². The van der Waals surface area contributed by atoms with Crippen LogP contribution in [-0.2, 0) is 16.4 Å². The molecule has 1 aromatic carbocycles. The minimum absolute atomic E-state index is 0.204. The van der Waals surface area contributed by atoms with Crippen LogP contribution < -0.4 is 0 Å². The fraction of sp³-hybridized carbons (Fsp3) is 0.267. The monoisotopic (exact) mass is 320 g/mol. The Balaban J connectivity index is 2.23. The molecule has 0 spiro atoms. The molecule has 110 valence electrons. The van der Waals surface area contributed by atoms with Crippen molar-refractivity contribution in [2.24, 2.45) is 0 Å². The average Bonchev–Trinajstić information content (AvgIpc) is 2.98. The zero-order valence-electron chi connectivity index (χ0n) is 11.9. The molecule has 0 aliphatic heterocycles. The van der Waals surface area contributed by atoms with E-state index in [0.717, 1.165) is 4.88 Å². The molecule has 4 nitrogen and oxygen atoms in total. The molecule has 0 N–H and O–H groups in total. The third kappa shape index (κ3) is 3.50. The van der Waals surface area contributed by atoms with Crippen LogP contribution >= 0.6 is 11.3 Å². The average molecular weight is 320 g/mol. The Hall–Kier alpha value is -1.68. The standard InChI is InChI=1S/C15H16N2O2S2/c1-12-5-6-13(11-16)10-15(12)21(18,19)17(2)8-7-14-4-3-9-20-14/h3-6,9-10H,7-8H2,1-2H3. The summed E-state index contributed by atoms with van der Waals surface area (Å²) in [4.78, 5) is 1.36. The third-order valence-electron chi connectivity index (χ3n) is 3.26. The first-order valence-corrected chi connectivity index (χ1v) is 8.76. The molecule has 0 radical (unpaired) electrons. The predicted octanol–water partition coefficient (Wildman–Crippen LogP) is 2.79. The van der Waals surface area contributed by atoms with Gasteiger partial charge in [-0.05, 0) is 42.5 Å². The van der Waals surface area contributed by atoms with Crippen molar-refractivity contribution in [2.75, 3.05) is 13.6 Å². The van der Waals surface area contributed by atoms with Crippen LogP contribution in [0.5, 0.6) is 0 Å². The highest BCUT2D eigenvalue weighted by molar-refractivity contribution is 7.89. The lowest BCUT2D eigenvalue weighted by molar-refractivity contribution is 0.473. The maximum atomic E-state index is 12.6. The molecule has 0 fully saturated rings. The smallest absolute Gasteiger partial charge is 0.207 e. The van der Waals surface area contributed by atoms with Crippen molar-refractivity contribution in [3.8, 4) is 6.07 Å². The van der Waals surface area contributed by atoms with Gasteiger partial charge in [-0.1, -0.05) is 12.1 Å². The summed E-state index contributed by atoms with van der Waals surface area (Å²) in [6.07, 6.45) is 0.685. The van der Waals surface area contributed by atoms with Gasteiger partial charge in [0.25, 0.3) is 0 Å². The molecule has 0 saturated carbocycles. The van der Waals surface area contributed by atoms with E-state index in [-0.39, 0.29) is 4.90 Å². The summed E-state index contributed by atoms with van der Waals surface area (Å²) in [5.41, 5.74) is 1.00. The predicted molar refractivity (Wildman–Crippen MR) is 83.7 cm³/mol. The van der Waals surface area contributed by atoms with Crippen molar-refractivity contribution in [3.05, 3.63) is 51.7 Å². The van der Waals surface area contributed by atoms with Gasteiger partial charge >= 0.3 is 0 Å². The Morgan fingerprint density at radius 1 is 1.33 bits per heavy atom. The molecule has 0 bridgehead atoms. The van der Waals surface area contributed by atoms with Gasteiger partial charge in [0.05, 0.1) is 16.5 Å². The van der Waals surface area contributed by atoms with Gasteiger partial charge in [-0.15, -0.1) is 11.3 Å². The topological polar surface area (TPSA) is 61.2 Å². The van der Waals surface area contributed by atoms with E-state index >= 15 is 0 Å². The quantitative estimate of drug-likeness (QED) is 0.851. The molecule has 0 aliphatic carbocycles. The summed E-state index contributed by atoms with van der Waals surface area (Å²) in [7, 11) is -2.00. The lowest BCUT2D eigenvalue weighted by atomic mass is 10.2. The summed E-state index contributed by atoms with van der Waals surface area (Å²) >= 11 is 1.62. The first-order chi connectivity index (χ1) is 9.95. The number of rotatable bonds is 5. The summed E-state index contributed by atoms with van der Waals surface area (Å²) < 4.78 is 26.5. The van der Waals surface area contributed by atoms with Crippen LogP contribution in [0, 0.1) is 18.3 Å². The number of aryl methyl sites for hydroxylation is 1. The second-order valence-corrected chi connectivity index (χ2v) is 7.79. The first-order valence-electron chi connectivity index (χ1n) is 6.44. The molecule has 21 heavy (non-hydrogen) atoms. The first kappa shape index (κ1) is 15.7. The number of likely N-dealkylation sites (N-methyl/N-ethyl adjacent to an activating group) is 1. The molecule has 1 aromatic heterocycles. The van der Waals surface area contributed by atoms with Crippen molar-refractivity contribution < 1.29 is 8.42 Å². The number of hydrogen-bond acceptors (Lipinski definition) is 4. The van der Waals surface area contributed by atoms with Crippen LogP contribution in [0.1, 0.15) is 16.0 Å². The Labute approximate surface area is 129 Å². The molecule has 0 unspecified atom stereocenters. The van der Waals surface area contributed by atoms with E-state index in [0.29, 0.717) is 24.1 Å². The van der Waals surface area contributed by atoms with Gasteiger partial charge in [0.2, 0.25) is 10.0 Å². The van der Waals surface area contributed by atoms with Crippen molar-refractivity contribution in [2.45, 2.75) is 18.2 Å². The maximum Gasteiger partial charge on any atom is 0.243 e. The molecule has 0 aliphatic rings. The van der Waals surface area contributed by atoms with Crippen LogP contribution in [-0.4, -0.2) is 26.3 Å². The van der Waals surface area contributed by atoms with Crippen molar-refractivity contribution in [1.82, 2.24) is 4.31 Å². The molecular weight excluding hydrogens is 304 g/mol. The number of nitrogens with zero attached hydrogens (tertiary/aromatic N) is 2. The van der Waals surface area contributed by atoms with Gasteiger partial charge in [0.1, 0.15) is 0 Å². The molecule has 0 atom stereocenters. The van der Waals surface area contributed by atoms with Crippen molar-refractivity contribution in [1.29, 1.82) is 5.26 Å². The van der Waals surface area contributed by atoms with E-state index in [4.69, 9.17) is 5.26 Å². The normalized spacial score (nSPS) is 11.5. The van der Waals surface area contributed by atoms with Crippen LogP contribution in [0.4, 0.5) is 0 Å². The highest BCUT2D eigenvalue weighted by Gasteiger charge is 2.23. The van der Waals surface area contributed by atoms with E-state index in [1.54, 1.807) is 37.4 Å². The number of nitriles is 1. The Bertz CT molecular complexity index is 759. The molecule has 1 heterocycles. The summed E-state index contributed by atoms with van der Waals surface area (Å²) in [5.74, 6) is 0. The Kier molecular flexibility index (Phi) is 4.78. The van der Waals surface area contributed by atoms with E-state index in [1.165, 1.54) is 10.4 Å². The van der Waals surface area contributed by atoms with Crippen molar-refractivity contribution >= 4 is 21.4 Å². The molecule has 0 amide bonds. The summed E-state index contributed by atoms with van der Waals surface area (Å²) in [5, 5.41) is 10.9. The van der Waals surface area contributed by atoms with E-state index in [2.05, 4.69) is 0 Å². The van der Waals surface area contributed by atoms with Crippen LogP contribution in [0.2, 0.25) is 0 Å². The maximum absolute atomic E-state index is 12.6. The van der Waals surface area contributed by atoms with Crippen LogP contribution in [0.25, 0.3) is 0 Å². The number of hydrogen-bond donors (Lipinski definition) is 0. The van der Waals surface area contributed by atoms with Gasteiger partial charge < -0.3 is 0 Å². The zero-order valence-corrected chi connectivity index (χ0v) is 13.5. The minimum Gasteiger partial charge on any atom is -0.207 e. The molecule has 0 saturated heterocycles. The number of sulfonamides is 1. The van der Waals surface area contributed by atoms with Gasteiger partial charge in [0, 0.05) is 18.5 Å². The molecule has 2 rings (SSSR count). The molecular formula is C15H16N2O2S2. The Morgan fingerprint density at radius 2 is 2.10 bits per heavy atom. The lowest BCUT2D eigenvalue weighted by Crippen LogP contribution is -2.29. The molecule has 6 heteroatoms. The SMILES string of the molecule is Cc1ccc(C#N)cc1S(=O)(=O)N(C)CCc1cccs1. The second-order valence-electron chi connectivity index (χ2n) is 4.75. The second kappa shape index (κ2) is 6.39. The lowest BCUT2D eigenvalue weighted by Gasteiger charge is -2.18.